The van der Waals surface area contributed by atoms with E-state index in [1.807, 2.05) is 12.1 Å². The van der Waals surface area contributed by atoms with Gasteiger partial charge in [-0.15, -0.1) is 0 Å². The topological polar surface area (TPSA) is 78.9 Å². The van der Waals surface area contributed by atoms with Crippen LogP contribution in [0.1, 0.15) is 5.56 Å². The number of benzene rings is 2. The molecule has 2 aromatic rings. The lowest BCUT2D eigenvalue weighted by Gasteiger charge is -2.09. The van der Waals surface area contributed by atoms with Crippen molar-refractivity contribution >= 4 is 23.4 Å². The van der Waals surface area contributed by atoms with Crippen LogP contribution in [0.3, 0.4) is 0 Å². The van der Waals surface area contributed by atoms with E-state index in [0.717, 1.165) is 5.56 Å². The van der Waals surface area contributed by atoms with E-state index in [2.05, 4.69) is 5.32 Å². The minimum Gasteiger partial charge on any atom is -0.503 e. The van der Waals surface area contributed by atoms with Crippen LogP contribution in [-0.4, -0.2) is 35.4 Å². The van der Waals surface area contributed by atoms with Gasteiger partial charge in [0.2, 0.25) is 0 Å². The average Bonchev–Trinajstić information content (AvgIpc) is 2.90. The number of hydrogen-bond donors (Lipinski definition) is 2. The van der Waals surface area contributed by atoms with E-state index in [-0.39, 0.29) is 18.7 Å². The van der Waals surface area contributed by atoms with Crippen molar-refractivity contribution in [2.45, 2.75) is 6.54 Å². The van der Waals surface area contributed by atoms with Crippen molar-refractivity contribution in [1.82, 2.24) is 10.2 Å². The number of carbonyl (C=O) groups excluding carboxylic acids is 2. The molecule has 0 spiro atoms. The first-order valence-electron chi connectivity index (χ1n) is 7.92. The van der Waals surface area contributed by atoms with Gasteiger partial charge in [-0.25, -0.2) is 0 Å². The smallest absolute Gasteiger partial charge is 0.289 e. The lowest BCUT2D eigenvalue weighted by atomic mass is 10.2. The van der Waals surface area contributed by atoms with E-state index in [1.165, 1.54) is 11.9 Å². The number of nitrogens with zero attached hydrogens (tertiary/aromatic N) is 1. The van der Waals surface area contributed by atoms with Gasteiger partial charge >= 0.3 is 0 Å². The summed E-state index contributed by atoms with van der Waals surface area (Å²) in [6.45, 7) is 0.374. The molecule has 1 aliphatic rings. The Morgan fingerprint density at radius 2 is 1.73 bits per heavy atom. The van der Waals surface area contributed by atoms with Crippen molar-refractivity contribution in [3.05, 3.63) is 70.4 Å². The quantitative estimate of drug-likeness (QED) is 0.845. The van der Waals surface area contributed by atoms with E-state index >= 15 is 0 Å². The number of carbonyl (C=O) groups is 2. The first-order valence-corrected chi connectivity index (χ1v) is 8.30. The summed E-state index contributed by atoms with van der Waals surface area (Å²) in [6, 6.07) is 14.3. The Kier molecular flexibility index (Phi) is 5.14. The maximum Gasteiger partial charge on any atom is 0.289 e. The Hall–Kier alpha value is -2.99. The molecule has 0 unspecified atom stereocenters. The number of rotatable bonds is 5. The van der Waals surface area contributed by atoms with Gasteiger partial charge in [0.25, 0.3) is 11.8 Å². The van der Waals surface area contributed by atoms with Gasteiger partial charge in [-0.3, -0.25) is 9.59 Å². The van der Waals surface area contributed by atoms with Crippen LogP contribution in [-0.2, 0) is 16.1 Å². The molecule has 2 N–H and O–H groups in total. The van der Waals surface area contributed by atoms with Crippen LogP contribution in [0.5, 0.6) is 11.5 Å². The molecule has 0 aromatic heterocycles. The number of amides is 2. The molecule has 1 heterocycles. The predicted octanol–water partition coefficient (Wildman–Crippen LogP) is 3.03. The molecule has 0 aliphatic carbocycles. The highest BCUT2D eigenvalue weighted by atomic mass is 35.5. The Morgan fingerprint density at radius 1 is 1.15 bits per heavy atom. The Morgan fingerprint density at radius 3 is 2.27 bits per heavy atom. The zero-order chi connectivity index (χ0) is 18.7. The Labute approximate surface area is 155 Å². The number of aliphatic hydroxyl groups excluding tert-OH is 1. The molecule has 0 radical (unpaired) electrons. The molecule has 1 aliphatic heterocycles. The van der Waals surface area contributed by atoms with Gasteiger partial charge in [-0.1, -0.05) is 23.7 Å². The van der Waals surface area contributed by atoms with Crippen LogP contribution < -0.4 is 10.1 Å². The maximum atomic E-state index is 12.1. The molecule has 134 valence electrons. The van der Waals surface area contributed by atoms with Crippen LogP contribution in [0.25, 0.3) is 0 Å². The summed E-state index contributed by atoms with van der Waals surface area (Å²) in [7, 11) is 1.53. The SMILES string of the molecule is CN1CC(C(=O)NCc2ccc(Oc3ccc(Cl)cc3)cc2)=C(O)C1=O. The second-order valence-corrected chi connectivity index (χ2v) is 6.31. The number of hydrogen-bond acceptors (Lipinski definition) is 4. The second-order valence-electron chi connectivity index (χ2n) is 5.87. The van der Waals surface area contributed by atoms with Gasteiger partial charge in [0, 0.05) is 18.6 Å². The van der Waals surface area contributed by atoms with Crippen molar-refractivity contribution in [2.75, 3.05) is 13.6 Å². The van der Waals surface area contributed by atoms with Crippen molar-refractivity contribution in [2.24, 2.45) is 0 Å². The summed E-state index contributed by atoms with van der Waals surface area (Å²) in [4.78, 5) is 24.9. The normalized spacial score (nSPS) is 13.9. The van der Waals surface area contributed by atoms with Crippen molar-refractivity contribution < 1.29 is 19.4 Å². The highest BCUT2D eigenvalue weighted by molar-refractivity contribution is 6.30. The summed E-state index contributed by atoms with van der Waals surface area (Å²) < 4.78 is 5.70. The second kappa shape index (κ2) is 7.49. The molecule has 0 bridgehead atoms. The first kappa shape index (κ1) is 17.8. The monoisotopic (exact) mass is 372 g/mol. The molecule has 2 aromatic carbocycles. The summed E-state index contributed by atoms with van der Waals surface area (Å²) in [6.07, 6.45) is 0. The third-order valence-electron chi connectivity index (χ3n) is 3.93. The van der Waals surface area contributed by atoms with E-state index in [0.29, 0.717) is 16.5 Å². The molecule has 7 heteroatoms. The van der Waals surface area contributed by atoms with E-state index in [9.17, 15) is 14.7 Å². The van der Waals surface area contributed by atoms with Gasteiger partial charge in [0.05, 0.1) is 12.1 Å². The highest BCUT2D eigenvalue weighted by Gasteiger charge is 2.31. The summed E-state index contributed by atoms with van der Waals surface area (Å²) in [5, 5.41) is 13.0. The van der Waals surface area contributed by atoms with Crippen LogP contribution in [0, 0.1) is 0 Å². The summed E-state index contributed by atoms with van der Waals surface area (Å²) in [5.41, 5.74) is 0.944. The zero-order valence-electron chi connectivity index (χ0n) is 14.0. The Balaban J connectivity index is 1.57. The molecular weight excluding hydrogens is 356 g/mol. The predicted molar refractivity (Wildman–Crippen MR) is 97.1 cm³/mol. The molecule has 26 heavy (non-hydrogen) atoms. The van der Waals surface area contributed by atoms with E-state index in [1.54, 1.807) is 36.4 Å². The Bertz CT molecular complexity index is 860. The molecular formula is C19H17ClN2O4. The molecule has 0 fully saturated rings. The largest absolute Gasteiger partial charge is 0.503 e. The third-order valence-corrected chi connectivity index (χ3v) is 4.18. The average molecular weight is 373 g/mol. The standard InChI is InChI=1S/C19H17ClN2O4/c1-22-11-16(17(23)19(22)25)18(24)21-10-12-2-6-14(7-3-12)26-15-8-4-13(20)5-9-15/h2-9,23H,10-11H2,1H3,(H,21,24). The minimum atomic E-state index is -0.543. The summed E-state index contributed by atoms with van der Waals surface area (Å²) >= 11 is 5.84. The van der Waals surface area contributed by atoms with Crippen molar-refractivity contribution in [3.63, 3.8) is 0 Å². The molecule has 6 nitrogen and oxygen atoms in total. The van der Waals surface area contributed by atoms with Gasteiger partial charge in [-0.05, 0) is 42.0 Å². The fourth-order valence-electron chi connectivity index (χ4n) is 2.48. The number of ether oxygens (including phenoxy) is 1. The van der Waals surface area contributed by atoms with E-state index < -0.39 is 17.6 Å². The minimum absolute atomic E-state index is 0.0835. The molecule has 3 rings (SSSR count). The fraction of sp³-hybridized carbons (Fsp3) is 0.158. The van der Waals surface area contributed by atoms with Gasteiger partial charge < -0.3 is 20.1 Å². The van der Waals surface area contributed by atoms with Gasteiger partial charge in [0.15, 0.2) is 5.76 Å². The highest BCUT2D eigenvalue weighted by Crippen LogP contribution is 2.23. The van der Waals surface area contributed by atoms with Crippen LogP contribution in [0.4, 0.5) is 0 Å². The molecule has 0 saturated heterocycles. The molecule has 0 saturated carbocycles. The summed E-state index contributed by atoms with van der Waals surface area (Å²) in [5.74, 6) is -0.157. The van der Waals surface area contributed by atoms with Crippen LogP contribution >= 0.6 is 11.6 Å². The van der Waals surface area contributed by atoms with Crippen molar-refractivity contribution in [3.8, 4) is 11.5 Å². The van der Waals surface area contributed by atoms with E-state index in [4.69, 9.17) is 16.3 Å². The molecule has 2 amide bonds. The van der Waals surface area contributed by atoms with Crippen molar-refractivity contribution in [1.29, 1.82) is 0 Å². The lowest BCUT2D eigenvalue weighted by Crippen LogP contribution is -2.27. The molecule has 0 atom stereocenters. The van der Waals surface area contributed by atoms with Gasteiger partial charge in [-0.2, -0.15) is 0 Å². The number of nitrogens with one attached hydrogen (secondary N) is 1. The first-order chi connectivity index (χ1) is 12.4. The number of halogens is 1. The van der Waals surface area contributed by atoms with Gasteiger partial charge in [0.1, 0.15) is 11.5 Å². The zero-order valence-corrected chi connectivity index (χ0v) is 14.8. The number of aliphatic hydroxyl groups is 1. The lowest BCUT2D eigenvalue weighted by molar-refractivity contribution is -0.126. The van der Waals surface area contributed by atoms with Crippen LogP contribution in [0.15, 0.2) is 59.9 Å². The van der Waals surface area contributed by atoms with Crippen LogP contribution in [0.2, 0.25) is 5.02 Å². The fourth-order valence-corrected chi connectivity index (χ4v) is 2.60. The number of likely N-dealkylation sites (N-methyl/N-ethyl adjacent to an activating group) is 1. The third kappa shape index (κ3) is 3.97. The maximum absolute atomic E-state index is 12.1.